The minimum atomic E-state index is -0.925. The van der Waals surface area contributed by atoms with Gasteiger partial charge in [-0.15, -0.1) is 0 Å². The van der Waals surface area contributed by atoms with Gasteiger partial charge in [0.2, 0.25) is 0 Å². The van der Waals surface area contributed by atoms with Crippen molar-refractivity contribution < 1.29 is 9.90 Å². The van der Waals surface area contributed by atoms with E-state index in [1.54, 1.807) is 0 Å². The Balaban J connectivity index is 2.33. The summed E-state index contributed by atoms with van der Waals surface area (Å²) >= 11 is 0. The average Bonchev–Trinajstić information content (AvgIpc) is 2.34. The van der Waals surface area contributed by atoms with E-state index in [9.17, 15) is 4.79 Å². The third-order valence-corrected chi connectivity index (χ3v) is 3.51. The van der Waals surface area contributed by atoms with E-state index in [1.807, 2.05) is 5.01 Å². The normalized spacial score (nSPS) is 17.3. The second-order valence-electron chi connectivity index (χ2n) is 4.96. The van der Waals surface area contributed by atoms with Crippen LogP contribution in [-0.4, -0.2) is 28.8 Å². The molecule has 17 heavy (non-hydrogen) atoms. The van der Waals surface area contributed by atoms with E-state index in [-0.39, 0.29) is 0 Å². The van der Waals surface area contributed by atoms with Crippen LogP contribution in [0.15, 0.2) is 0 Å². The Morgan fingerprint density at radius 2 is 1.94 bits per heavy atom. The highest BCUT2D eigenvalue weighted by molar-refractivity contribution is 5.63. The zero-order valence-corrected chi connectivity index (χ0v) is 11.0. The summed E-state index contributed by atoms with van der Waals surface area (Å²) in [7, 11) is 0. The molecule has 0 radical (unpaired) electrons. The van der Waals surface area contributed by atoms with E-state index >= 15 is 0 Å². The molecule has 1 saturated carbocycles. The highest BCUT2D eigenvalue weighted by atomic mass is 16.4. The highest BCUT2D eigenvalue weighted by Gasteiger charge is 2.21. The SMILES string of the molecule is CCCCCCN(NC(=O)O)C1CCCCC1. The Kier molecular flexibility index (Phi) is 7.01. The molecule has 0 aromatic rings. The van der Waals surface area contributed by atoms with E-state index in [1.165, 1.54) is 38.5 Å². The number of hydrogen-bond acceptors (Lipinski definition) is 2. The third kappa shape index (κ3) is 5.91. The smallest absolute Gasteiger partial charge is 0.419 e. The molecule has 0 spiro atoms. The van der Waals surface area contributed by atoms with Crippen LogP contribution in [0.25, 0.3) is 0 Å². The fourth-order valence-electron chi connectivity index (χ4n) is 2.55. The molecule has 1 amide bonds. The van der Waals surface area contributed by atoms with E-state index in [0.717, 1.165) is 25.8 Å². The van der Waals surface area contributed by atoms with Crippen molar-refractivity contribution in [2.24, 2.45) is 0 Å². The van der Waals surface area contributed by atoms with E-state index < -0.39 is 6.09 Å². The van der Waals surface area contributed by atoms with Crippen molar-refractivity contribution in [1.82, 2.24) is 10.4 Å². The highest BCUT2D eigenvalue weighted by Crippen LogP contribution is 2.21. The molecule has 2 N–H and O–H groups in total. The molecular formula is C13H26N2O2. The summed E-state index contributed by atoms with van der Waals surface area (Å²) in [4.78, 5) is 10.8. The van der Waals surface area contributed by atoms with Crippen LogP contribution in [0.4, 0.5) is 4.79 Å². The predicted octanol–water partition coefficient (Wildman–Crippen LogP) is 3.38. The molecular weight excluding hydrogens is 216 g/mol. The van der Waals surface area contributed by atoms with Gasteiger partial charge in [0, 0.05) is 12.6 Å². The Hall–Kier alpha value is -0.770. The number of rotatable bonds is 7. The molecule has 4 heteroatoms. The van der Waals surface area contributed by atoms with Crippen molar-refractivity contribution >= 4 is 6.09 Å². The summed E-state index contributed by atoms with van der Waals surface area (Å²) in [5.74, 6) is 0. The van der Waals surface area contributed by atoms with Gasteiger partial charge in [-0.05, 0) is 19.3 Å². The molecule has 0 aromatic heterocycles. The number of carbonyl (C=O) groups is 1. The van der Waals surface area contributed by atoms with Crippen LogP contribution < -0.4 is 5.43 Å². The van der Waals surface area contributed by atoms with Crippen molar-refractivity contribution in [1.29, 1.82) is 0 Å². The minimum Gasteiger partial charge on any atom is -0.464 e. The lowest BCUT2D eigenvalue weighted by atomic mass is 9.95. The molecule has 100 valence electrons. The molecule has 1 aliphatic rings. The Morgan fingerprint density at radius 3 is 2.53 bits per heavy atom. The largest absolute Gasteiger partial charge is 0.464 e. The summed E-state index contributed by atoms with van der Waals surface area (Å²) in [5.41, 5.74) is 2.58. The zero-order valence-electron chi connectivity index (χ0n) is 11.0. The van der Waals surface area contributed by atoms with Gasteiger partial charge >= 0.3 is 6.09 Å². The number of amides is 1. The average molecular weight is 242 g/mol. The maximum Gasteiger partial charge on any atom is 0.419 e. The first-order valence-corrected chi connectivity index (χ1v) is 7.00. The lowest BCUT2D eigenvalue weighted by Gasteiger charge is -2.33. The zero-order chi connectivity index (χ0) is 12.5. The Bertz CT molecular complexity index is 215. The fourth-order valence-corrected chi connectivity index (χ4v) is 2.55. The topological polar surface area (TPSA) is 52.6 Å². The van der Waals surface area contributed by atoms with Crippen LogP contribution in [0.3, 0.4) is 0 Å². The van der Waals surface area contributed by atoms with Gasteiger partial charge in [-0.1, -0.05) is 45.4 Å². The van der Waals surface area contributed by atoms with Crippen molar-refractivity contribution in [3.63, 3.8) is 0 Å². The van der Waals surface area contributed by atoms with Crippen LogP contribution in [0.2, 0.25) is 0 Å². The summed E-state index contributed by atoms with van der Waals surface area (Å²) in [6, 6.07) is 0.418. The molecule has 0 heterocycles. The molecule has 1 rings (SSSR count). The summed E-state index contributed by atoms with van der Waals surface area (Å²) in [6.07, 6.45) is 9.85. The van der Waals surface area contributed by atoms with Gasteiger partial charge in [0.15, 0.2) is 0 Å². The monoisotopic (exact) mass is 242 g/mol. The number of hydrogen-bond donors (Lipinski definition) is 2. The number of carboxylic acid groups (broad SMARTS) is 1. The lowest BCUT2D eigenvalue weighted by Crippen LogP contribution is -2.49. The molecule has 0 bridgehead atoms. The van der Waals surface area contributed by atoms with Crippen LogP contribution >= 0.6 is 0 Å². The quantitative estimate of drug-likeness (QED) is 0.531. The molecule has 1 aliphatic carbocycles. The van der Waals surface area contributed by atoms with Gasteiger partial charge < -0.3 is 5.11 Å². The minimum absolute atomic E-state index is 0.418. The van der Waals surface area contributed by atoms with Crippen molar-refractivity contribution in [2.75, 3.05) is 6.54 Å². The maximum atomic E-state index is 10.8. The Labute approximate surface area is 104 Å². The van der Waals surface area contributed by atoms with Crippen molar-refractivity contribution in [3.8, 4) is 0 Å². The van der Waals surface area contributed by atoms with E-state index in [4.69, 9.17) is 5.11 Å². The van der Waals surface area contributed by atoms with Crippen LogP contribution in [0, 0.1) is 0 Å². The lowest BCUT2D eigenvalue weighted by molar-refractivity contribution is 0.0846. The maximum absolute atomic E-state index is 10.8. The molecule has 4 nitrogen and oxygen atoms in total. The van der Waals surface area contributed by atoms with Crippen LogP contribution in [0.5, 0.6) is 0 Å². The summed E-state index contributed by atoms with van der Waals surface area (Å²) < 4.78 is 0. The second-order valence-corrected chi connectivity index (χ2v) is 4.96. The van der Waals surface area contributed by atoms with Gasteiger partial charge in [0.25, 0.3) is 0 Å². The first kappa shape index (κ1) is 14.3. The number of hydrazine groups is 1. The number of unbranched alkanes of at least 4 members (excludes halogenated alkanes) is 3. The van der Waals surface area contributed by atoms with Gasteiger partial charge in [-0.25, -0.2) is 9.80 Å². The summed E-state index contributed by atoms with van der Waals surface area (Å²) in [6.45, 7) is 3.05. The predicted molar refractivity (Wildman–Crippen MR) is 68.9 cm³/mol. The van der Waals surface area contributed by atoms with Gasteiger partial charge in [0.1, 0.15) is 0 Å². The van der Waals surface area contributed by atoms with Gasteiger partial charge in [0.05, 0.1) is 0 Å². The van der Waals surface area contributed by atoms with Crippen LogP contribution in [0.1, 0.15) is 64.7 Å². The molecule has 0 unspecified atom stereocenters. The standard InChI is InChI=1S/C13H26N2O2/c1-2-3-4-8-11-15(14-13(16)17)12-9-6-5-7-10-12/h12,14H,2-11H2,1H3,(H,16,17). The second kappa shape index (κ2) is 8.34. The summed E-state index contributed by atoms with van der Waals surface area (Å²) in [5, 5.41) is 10.8. The van der Waals surface area contributed by atoms with E-state index in [0.29, 0.717) is 6.04 Å². The number of nitrogens with zero attached hydrogens (tertiary/aromatic N) is 1. The van der Waals surface area contributed by atoms with Gasteiger partial charge in [-0.2, -0.15) is 0 Å². The van der Waals surface area contributed by atoms with E-state index in [2.05, 4.69) is 12.3 Å². The molecule has 1 fully saturated rings. The number of nitrogens with one attached hydrogen (secondary N) is 1. The van der Waals surface area contributed by atoms with Crippen molar-refractivity contribution in [3.05, 3.63) is 0 Å². The van der Waals surface area contributed by atoms with Gasteiger partial charge in [-0.3, -0.25) is 5.43 Å². The first-order chi connectivity index (χ1) is 8.24. The fraction of sp³-hybridized carbons (Fsp3) is 0.923. The molecule has 0 aliphatic heterocycles. The Morgan fingerprint density at radius 1 is 1.24 bits per heavy atom. The molecule has 0 saturated heterocycles. The molecule has 0 aromatic carbocycles. The van der Waals surface area contributed by atoms with Crippen molar-refractivity contribution in [2.45, 2.75) is 70.8 Å². The third-order valence-electron chi connectivity index (χ3n) is 3.51. The first-order valence-electron chi connectivity index (χ1n) is 7.00. The molecule has 0 atom stereocenters. The van der Waals surface area contributed by atoms with Crippen LogP contribution in [-0.2, 0) is 0 Å².